The highest BCUT2D eigenvalue weighted by molar-refractivity contribution is 5.82. The topological polar surface area (TPSA) is 52.6 Å². The molecule has 0 heterocycles. The molecule has 22 heavy (non-hydrogen) atoms. The fraction of sp³-hybridized carbons (Fsp3) is 0.222. The molecule has 4 nitrogen and oxygen atoms in total. The minimum Gasteiger partial charge on any atom is -0.455 e. The first kappa shape index (κ1) is 15.8. The van der Waals surface area contributed by atoms with Gasteiger partial charge in [0.25, 0.3) is 0 Å². The quantitative estimate of drug-likeness (QED) is 0.578. The van der Waals surface area contributed by atoms with Gasteiger partial charge in [0.15, 0.2) is 0 Å². The number of carbonyl (C=O) groups is 2. The molecule has 0 aromatic rings. The van der Waals surface area contributed by atoms with E-state index in [1.165, 1.54) is 0 Å². The van der Waals surface area contributed by atoms with Crippen molar-refractivity contribution in [3.63, 3.8) is 0 Å². The maximum atomic E-state index is 11.1. The first-order valence-electron chi connectivity index (χ1n) is 7.05. The van der Waals surface area contributed by atoms with Gasteiger partial charge in [-0.05, 0) is 23.3 Å². The van der Waals surface area contributed by atoms with E-state index in [0.717, 1.165) is 23.3 Å². The molecule has 2 aliphatic carbocycles. The molecule has 0 N–H and O–H groups in total. The third-order valence-corrected chi connectivity index (χ3v) is 3.32. The molecule has 0 aromatic heterocycles. The zero-order chi connectivity index (χ0) is 15.9. The van der Waals surface area contributed by atoms with E-state index in [1.807, 2.05) is 36.5 Å². The maximum Gasteiger partial charge on any atom is 0.330 e. The Morgan fingerprint density at radius 1 is 0.909 bits per heavy atom. The average molecular weight is 298 g/mol. The zero-order valence-electron chi connectivity index (χ0n) is 12.2. The van der Waals surface area contributed by atoms with Crippen LogP contribution in [0.1, 0.15) is 12.8 Å². The minimum atomic E-state index is -0.421. The molecule has 2 aliphatic rings. The Bertz CT molecular complexity index is 551. The van der Waals surface area contributed by atoms with E-state index in [-0.39, 0.29) is 12.2 Å². The lowest BCUT2D eigenvalue weighted by atomic mass is 9.93. The Hall–Kier alpha value is -2.62. The van der Waals surface area contributed by atoms with Crippen LogP contribution in [0, 0.1) is 0 Å². The lowest BCUT2D eigenvalue weighted by Gasteiger charge is -2.20. The highest BCUT2D eigenvalue weighted by Crippen LogP contribution is 2.25. The summed E-state index contributed by atoms with van der Waals surface area (Å²) >= 11 is 0. The summed E-state index contributed by atoms with van der Waals surface area (Å²) in [4.78, 5) is 22.3. The molecule has 2 unspecified atom stereocenters. The van der Waals surface area contributed by atoms with Crippen LogP contribution in [0.2, 0.25) is 0 Å². The van der Waals surface area contributed by atoms with Gasteiger partial charge in [0, 0.05) is 25.0 Å². The van der Waals surface area contributed by atoms with Crippen LogP contribution in [0.3, 0.4) is 0 Å². The second kappa shape index (κ2) is 7.41. The van der Waals surface area contributed by atoms with Gasteiger partial charge in [0.1, 0.15) is 12.2 Å². The van der Waals surface area contributed by atoms with Gasteiger partial charge >= 0.3 is 11.9 Å². The Labute approximate surface area is 129 Å². The van der Waals surface area contributed by atoms with Crippen LogP contribution in [-0.4, -0.2) is 24.1 Å². The maximum absolute atomic E-state index is 11.1. The lowest BCUT2D eigenvalue weighted by molar-refractivity contribution is -0.141. The summed E-state index contributed by atoms with van der Waals surface area (Å²) in [5.41, 5.74) is 2.13. The zero-order valence-corrected chi connectivity index (χ0v) is 12.2. The molecule has 0 spiro atoms. The second-order valence-electron chi connectivity index (χ2n) is 4.87. The summed E-state index contributed by atoms with van der Waals surface area (Å²) in [5.74, 6) is -0.842. The normalized spacial score (nSPS) is 23.1. The predicted octanol–water partition coefficient (Wildman–Crippen LogP) is 2.95. The molecule has 4 heteroatoms. The summed E-state index contributed by atoms with van der Waals surface area (Å²) < 4.78 is 10.3. The van der Waals surface area contributed by atoms with E-state index in [9.17, 15) is 9.59 Å². The van der Waals surface area contributed by atoms with Crippen LogP contribution in [0.15, 0.2) is 72.9 Å². The van der Waals surface area contributed by atoms with Gasteiger partial charge in [-0.15, -0.1) is 0 Å². The monoisotopic (exact) mass is 298 g/mol. The van der Waals surface area contributed by atoms with Gasteiger partial charge in [-0.3, -0.25) is 0 Å². The van der Waals surface area contributed by atoms with Gasteiger partial charge in [0.2, 0.25) is 0 Å². The van der Waals surface area contributed by atoms with Gasteiger partial charge < -0.3 is 9.47 Å². The standard InChI is InChI=1S/C18H18O4/c1-3-17(19)21-15-9-5-13(6-10-15)14-7-11-16(12-8-14)22-18(20)4-2/h3-9,11,15-16H,1-2,10,12H2. The first-order chi connectivity index (χ1) is 10.6. The van der Waals surface area contributed by atoms with Crippen molar-refractivity contribution in [2.24, 2.45) is 0 Å². The summed E-state index contributed by atoms with van der Waals surface area (Å²) in [7, 11) is 0. The largest absolute Gasteiger partial charge is 0.455 e. The predicted molar refractivity (Wildman–Crippen MR) is 83.8 cm³/mol. The molecular formula is C18H18O4. The highest BCUT2D eigenvalue weighted by atomic mass is 16.5. The van der Waals surface area contributed by atoms with Gasteiger partial charge in [-0.25, -0.2) is 9.59 Å². The van der Waals surface area contributed by atoms with E-state index >= 15 is 0 Å². The lowest BCUT2D eigenvalue weighted by Crippen LogP contribution is -2.17. The van der Waals surface area contributed by atoms with Crippen LogP contribution in [0.25, 0.3) is 0 Å². The smallest absolute Gasteiger partial charge is 0.330 e. The SMILES string of the molecule is C=CC(=O)OC1C=CC(C2=CCC(OC(=O)C=C)C=C2)=CC1. The third-order valence-electron chi connectivity index (χ3n) is 3.32. The fourth-order valence-corrected chi connectivity index (χ4v) is 2.20. The molecule has 0 radical (unpaired) electrons. The van der Waals surface area contributed by atoms with E-state index in [0.29, 0.717) is 12.8 Å². The molecule has 0 amide bonds. The highest BCUT2D eigenvalue weighted by Gasteiger charge is 2.16. The number of hydrogen-bond donors (Lipinski definition) is 0. The molecule has 114 valence electrons. The second-order valence-corrected chi connectivity index (χ2v) is 4.87. The fourth-order valence-electron chi connectivity index (χ4n) is 2.20. The van der Waals surface area contributed by atoms with E-state index in [1.54, 1.807) is 0 Å². The Balaban J connectivity index is 1.90. The first-order valence-corrected chi connectivity index (χ1v) is 7.05. The van der Waals surface area contributed by atoms with Crippen LogP contribution in [0.5, 0.6) is 0 Å². The molecular weight excluding hydrogens is 280 g/mol. The van der Waals surface area contributed by atoms with E-state index < -0.39 is 11.9 Å². The molecule has 0 saturated carbocycles. The van der Waals surface area contributed by atoms with Crippen molar-refractivity contribution in [1.29, 1.82) is 0 Å². The summed E-state index contributed by atoms with van der Waals surface area (Å²) in [5, 5.41) is 0. The number of hydrogen-bond acceptors (Lipinski definition) is 4. The van der Waals surface area contributed by atoms with E-state index in [2.05, 4.69) is 13.2 Å². The minimum absolute atomic E-state index is 0.247. The van der Waals surface area contributed by atoms with Crippen LogP contribution in [-0.2, 0) is 19.1 Å². The molecule has 0 fully saturated rings. The molecule has 2 rings (SSSR count). The summed E-state index contributed by atoms with van der Waals surface area (Å²) in [6, 6.07) is 0. The van der Waals surface area contributed by atoms with Gasteiger partial charge in [0.05, 0.1) is 0 Å². The molecule has 0 aromatic carbocycles. The number of allylic oxidation sites excluding steroid dienone is 4. The van der Waals surface area contributed by atoms with Crippen molar-refractivity contribution in [3.8, 4) is 0 Å². The van der Waals surface area contributed by atoms with Crippen molar-refractivity contribution in [2.75, 3.05) is 0 Å². The Kier molecular flexibility index (Phi) is 5.31. The Morgan fingerprint density at radius 3 is 1.59 bits per heavy atom. The van der Waals surface area contributed by atoms with Crippen LogP contribution < -0.4 is 0 Å². The average Bonchev–Trinajstić information content (AvgIpc) is 2.56. The van der Waals surface area contributed by atoms with Crippen LogP contribution in [0.4, 0.5) is 0 Å². The third kappa shape index (κ3) is 4.19. The van der Waals surface area contributed by atoms with Crippen molar-refractivity contribution < 1.29 is 19.1 Å². The van der Waals surface area contributed by atoms with Crippen molar-refractivity contribution in [3.05, 3.63) is 72.9 Å². The summed E-state index contributed by atoms with van der Waals surface area (Å²) in [6.45, 7) is 6.75. The number of carbonyl (C=O) groups excluding carboxylic acids is 2. The molecule has 0 bridgehead atoms. The van der Waals surface area contributed by atoms with Gasteiger partial charge in [-0.2, -0.15) is 0 Å². The number of ether oxygens (including phenoxy) is 2. The van der Waals surface area contributed by atoms with E-state index in [4.69, 9.17) is 9.47 Å². The Morgan fingerprint density at radius 2 is 1.32 bits per heavy atom. The number of esters is 2. The molecule has 0 aliphatic heterocycles. The molecule has 2 atom stereocenters. The van der Waals surface area contributed by atoms with Crippen molar-refractivity contribution in [2.45, 2.75) is 25.0 Å². The number of rotatable bonds is 5. The molecule has 0 saturated heterocycles. The van der Waals surface area contributed by atoms with Crippen molar-refractivity contribution in [1.82, 2.24) is 0 Å². The summed E-state index contributed by atoms with van der Waals surface area (Å²) in [6.07, 6.45) is 14.7. The van der Waals surface area contributed by atoms with Gasteiger partial charge in [-0.1, -0.05) is 37.5 Å². The van der Waals surface area contributed by atoms with Crippen LogP contribution >= 0.6 is 0 Å². The van der Waals surface area contributed by atoms with Crippen molar-refractivity contribution >= 4 is 11.9 Å².